The summed E-state index contributed by atoms with van der Waals surface area (Å²) in [5.41, 5.74) is 0.742. The number of nitrogens with zero attached hydrogens (tertiary/aromatic N) is 3. The number of ether oxygens (including phenoxy) is 3. The number of methoxy groups -OCH3 is 2. The van der Waals surface area contributed by atoms with E-state index in [-0.39, 0.29) is 35.3 Å². The van der Waals surface area contributed by atoms with E-state index in [9.17, 15) is 22.4 Å². The third-order valence-electron chi connectivity index (χ3n) is 6.62. The molecule has 0 fully saturated rings. The molecule has 5 rings (SSSR count). The number of nitrogens with one attached hydrogen (secondary N) is 1. The molecule has 8 nitrogen and oxygen atoms in total. The van der Waals surface area contributed by atoms with Crippen LogP contribution in [-0.2, 0) is 12.6 Å². The zero-order valence-electron chi connectivity index (χ0n) is 23.6. The first-order valence-corrected chi connectivity index (χ1v) is 13.3. The Bertz CT molecular complexity index is 1750. The average Bonchev–Trinajstić information content (AvgIpc) is 3.45. The first kappa shape index (κ1) is 30.1. The quantitative estimate of drug-likeness (QED) is 0.173. The van der Waals surface area contributed by atoms with Crippen molar-refractivity contribution in [2.45, 2.75) is 12.6 Å². The third-order valence-corrected chi connectivity index (χ3v) is 6.62. The van der Waals surface area contributed by atoms with Crippen LogP contribution in [0.15, 0.2) is 91.0 Å². The van der Waals surface area contributed by atoms with Gasteiger partial charge in [-0.25, -0.2) is 9.07 Å². The number of hydrogen-bond donors (Lipinski definition) is 1. The number of hydrogen-bond acceptors (Lipinski definition) is 6. The van der Waals surface area contributed by atoms with E-state index in [0.717, 1.165) is 30.6 Å². The molecule has 226 valence electrons. The summed E-state index contributed by atoms with van der Waals surface area (Å²) in [6.07, 6.45) is -4.13. The highest BCUT2D eigenvalue weighted by Gasteiger charge is 2.35. The summed E-state index contributed by atoms with van der Waals surface area (Å²) in [5, 5.41) is 7.01. The van der Waals surface area contributed by atoms with Crippen LogP contribution < -0.4 is 19.5 Å². The molecule has 1 aromatic heterocycles. The minimum Gasteiger partial charge on any atom is -0.497 e. The number of benzene rings is 4. The lowest BCUT2D eigenvalue weighted by molar-refractivity contribution is -0.138. The van der Waals surface area contributed by atoms with Crippen LogP contribution in [0.4, 0.5) is 23.2 Å². The molecule has 0 saturated heterocycles. The van der Waals surface area contributed by atoms with Gasteiger partial charge < -0.3 is 19.5 Å². The Balaban J connectivity index is 1.35. The summed E-state index contributed by atoms with van der Waals surface area (Å²) in [6.45, 7) is 0.263. The summed E-state index contributed by atoms with van der Waals surface area (Å²) >= 11 is 0. The van der Waals surface area contributed by atoms with E-state index in [1.165, 1.54) is 16.8 Å². The van der Waals surface area contributed by atoms with Gasteiger partial charge in [-0.1, -0.05) is 24.3 Å². The molecule has 1 N–H and O–H groups in total. The topological polar surface area (TPSA) is 87.5 Å². The van der Waals surface area contributed by atoms with Gasteiger partial charge in [0.15, 0.2) is 5.82 Å². The Kier molecular flexibility index (Phi) is 8.79. The van der Waals surface area contributed by atoms with Crippen LogP contribution in [0.5, 0.6) is 17.5 Å². The zero-order valence-corrected chi connectivity index (χ0v) is 23.6. The second-order valence-electron chi connectivity index (χ2n) is 9.47. The van der Waals surface area contributed by atoms with Crippen LogP contribution in [-0.4, -0.2) is 41.5 Å². The van der Waals surface area contributed by atoms with Gasteiger partial charge in [0.2, 0.25) is 0 Å². The van der Waals surface area contributed by atoms with Gasteiger partial charge in [0.1, 0.15) is 17.3 Å². The van der Waals surface area contributed by atoms with Gasteiger partial charge in [0.25, 0.3) is 5.91 Å². The van der Waals surface area contributed by atoms with E-state index in [0.29, 0.717) is 17.8 Å². The van der Waals surface area contributed by atoms with Gasteiger partial charge in [-0.2, -0.15) is 18.2 Å². The number of amides is 1. The highest BCUT2D eigenvalue weighted by Crippen LogP contribution is 2.37. The van der Waals surface area contributed by atoms with E-state index in [4.69, 9.17) is 14.2 Å². The van der Waals surface area contributed by atoms with Crippen LogP contribution in [0.3, 0.4) is 0 Å². The lowest BCUT2D eigenvalue weighted by Crippen LogP contribution is -2.15. The Hall–Kier alpha value is -5.39. The van der Waals surface area contributed by atoms with E-state index in [2.05, 4.69) is 15.4 Å². The standard InChI is InChI=1S/C32H26F4N4O4/c1-42-24-14-7-20(8-15-24)17-18-44-31-38-29(25-5-3-4-6-27(25)33)40(39-31)23-12-10-22(11-13-23)37-30(41)21-9-16-28(43-2)26(19-21)32(34,35)36/h3-16,19H,17-18H2,1-2H3,(H,37,41). The predicted octanol–water partition coefficient (Wildman–Crippen LogP) is 6.98. The van der Waals surface area contributed by atoms with Gasteiger partial charge in [0.05, 0.1) is 37.6 Å². The molecule has 0 aliphatic rings. The Morgan fingerprint density at radius 3 is 2.30 bits per heavy atom. The average molecular weight is 607 g/mol. The molecule has 0 atom stereocenters. The molecule has 0 aliphatic carbocycles. The van der Waals surface area contributed by atoms with Crippen LogP contribution in [0.2, 0.25) is 0 Å². The van der Waals surface area contributed by atoms with Crippen molar-refractivity contribution in [1.82, 2.24) is 14.8 Å². The van der Waals surface area contributed by atoms with Crippen molar-refractivity contribution in [3.05, 3.63) is 114 Å². The number of carbonyl (C=O) groups excluding carboxylic acids is 1. The summed E-state index contributed by atoms with van der Waals surface area (Å²) in [5.74, 6) is -0.705. The van der Waals surface area contributed by atoms with Crippen molar-refractivity contribution in [1.29, 1.82) is 0 Å². The summed E-state index contributed by atoms with van der Waals surface area (Å²) < 4.78 is 72.2. The van der Waals surface area contributed by atoms with Crippen LogP contribution >= 0.6 is 0 Å². The molecule has 0 aliphatic heterocycles. The number of carbonyl (C=O) groups is 1. The molecular formula is C32H26F4N4O4. The van der Waals surface area contributed by atoms with Gasteiger partial charge in [0, 0.05) is 17.7 Å². The predicted molar refractivity (Wildman–Crippen MR) is 155 cm³/mol. The first-order chi connectivity index (χ1) is 21.2. The third kappa shape index (κ3) is 6.80. The minimum absolute atomic E-state index is 0.0362. The van der Waals surface area contributed by atoms with Crippen molar-refractivity contribution in [2.24, 2.45) is 0 Å². The lowest BCUT2D eigenvalue weighted by atomic mass is 10.1. The molecule has 12 heteroatoms. The van der Waals surface area contributed by atoms with E-state index in [1.54, 1.807) is 49.6 Å². The number of alkyl halides is 3. The molecule has 0 bridgehead atoms. The molecule has 0 radical (unpaired) electrons. The lowest BCUT2D eigenvalue weighted by Gasteiger charge is -2.13. The van der Waals surface area contributed by atoms with Gasteiger partial charge in [-0.15, -0.1) is 5.10 Å². The maximum absolute atomic E-state index is 14.8. The van der Waals surface area contributed by atoms with E-state index >= 15 is 0 Å². The van der Waals surface area contributed by atoms with Crippen LogP contribution in [0.1, 0.15) is 21.5 Å². The molecular weight excluding hydrogens is 580 g/mol. The van der Waals surface area contributed by atoms with Gasteiger partial charge in [-0.05, 0) is 72.3 Å². The van der Waals surface area contributed by atoms with Crippen molar-refractivity contribution in [3.8, 4) is 34.6 Å². The molecule has 4 aromatic carbocycles. The normalized spacial score (nSPS) is 11.2. The molecule has 44 heavy (non-hydrogen) atoms. The fourth-order valence-electron chi connectivity index (χ4n) is 4.36. The molecule has 1 amide bonds. The van der Waals surface area contributed by atoms with Gasteiger partial charge >= 0.3 is 12.2 Å². The van der Waals surface area contributed by atoms with E-state index in [1.807, 2.05) is 24.3 Å². The molecule has 0 unspecified atom stereocenters. The molecule has 1 heterocycles. The number of aromatic nitrogens is 3. The van der Waals surface area contributed by atoms with Crippen LogP contribution in [0, 0.1) is 5.82 Å². The second kappa shape index (κ2) is 12.9. The van der Waals surface area contributed by atoms with Crippen molar-refractivity contribution >= 4 is 11.6 Å². The maximum atomic E-state index is 14.8. The van der Waals surface area contributed by atoms with Crippen molar-refractivity contribution < 1.29 is 36.6 Å². The number of anilines is 1. The highest BCUT2D eigenvalue weighted by atomic mass is 19.4. The van der Waals surface area contributed by atoms with E-state index < -0.39 is 23.5 Å². The van der Waals surface area contributed by atoms with Crippen LogP contribution in [0.25, 0.3) is 17.1 Å². The van der Waals surface area contributed by atoms with Crippen molar-refractivity contribution in [2.75, 3.05) is 26.1 Å². The first-order valence-electron chi connectivity index (χ1n) is 13.3. The molecule has 0 saturated carbocycles. The summed E-state index contributed by atoms with van der Waals surface area (Å²) in [6, 6.07) is 23.0. The molecule has 5 aromatic rings. The zero-order chi connectivity index (χ0) is 31.3. The maximum Gasteiger partial charge on any atom is 0.419 e. The Morgan fingerprint density at radius 1 is 0.909 bits per heavy atom. The largest absolute Gasteiger partial charge is 0.497 e. The SMILES string of the molecule is COc1ccc(CCOc2nc(-c3ccccc3F)n(-c3ccc(NC(=O)c4ccc(OC)c(C(F)(F)F)c4)cc3)n2)cc1. The highest BCUT2D eigenvalue weighted by molar-refractivity contribution is 6.04. The minimum atomic E-state index is -4.70. The molecule has 0 spiro atoms. The fraction of sp³-hybridized carbons (Fsp3) is 0.156. The monoisotopic (exact) mass is 606 g/mol. The number of halogens is 4. The Labute approximate surface area is 249 Å². The summed E-state index contributed by atoms with van der Waals surface area (Å²) in [4.78, 5) is 17.2. The Morgan fingerprint density at radius 2 is 1.64 bits per heavy atom. The van der Waals surface area contributed by atoms with Gasteiger partial charge in [-0.3, -0.25) is 4.79 Å². The second-order valence-corrected chi connectivity index (χ2v) is 9.47. The van der Waals surface area contributed by atoms with Crippen molar-refractivity contribution in [3.63, 3.8) is 0 Å². The number of rotatable bonds is 10. The smallest absolute Gasteiger partial charge is 0.419 e. The fourth-order valence-corrected chi connectivity index (χ4v) is 4.36. The summed E-state index contributed by atoms with van der Waals surface area (Å²) in [7, 11) is 2.71.